The second-order valence-electron chi connectivity index (χ2n) is 1.07. The molecule has 0 amide bonds. The van der Waals surface area contributed by atoms with Crippen molar-refractivity contribution in [2.24, 2.45) is 0 Å². The molecule has 0 spiro atoms. The average molecular weight is 178 g/mol. The summed E-state index contributed by atoms with van der Waals surface area (Å²) in [6, 6.07) is -0.215. The molecule has 0 aromatic carbocycles. The van der Waals surface area contributed by atoms with Crippen LogP contribution >= 0.6 is 15.9 Å². The topological polar surface area (TPSA) is 25.8 Å². The third kappa shape index (κ3) is 1.26. The third-order valence-corrected chi connectivity index (χ3v) is 0.900. The smallest absolute Gasteiger partial charge is 0.126 e. The molecule has 0 N–H and O–H groups in total. The number of nitrogens with zero attached hydrogens (tertiary/aromatic N) is 2. The van der Waals surface area contributed by atoms with Gasteiger partial charge in [-0.1, -0.05) is 0 Å². The van der Waals surface area contributed by atoms with Gasteiger partial charge in [-0.25, -0.2) is 9.97 Å². The fourth-order valence-corrected chi connectivity index (χ4v) is 0.530. The molecule has 1 rings (SSSR count). The lowest BCUT2D eigenvalue weighted by atomic mass is 10.6. The van der Waals surface area contributed by atoms with Gasteiger partial charge in [0.15, 0.2) is 0 Å². The molecule has 0 fully saturated rings. The number of rotatable bonds is 0. The predicted molar refractivity (Wildman–Crippen MR) is 34.5 cm³/mol. The van der Waals surface area contributed by atoms with Crippen LogP contribution in [-0.2, 0) is 0 Å². The standard InChI is InChI=1S/C5H5BrN2/c1-4-7-3-2-5(6)8-4/h2-3H,1H3/i1D3,2D,3D. The lowest BCUT2D eigenvalue weighted by molar-refractivity contribution is 1.03. The molecule has 0 aliphatic carbocycles. The van der Waals surface area contributed by atoms with E-state index in [4.69, 9.17) is 6.85 Å². The fourth-order valence-electron chi connectivity index (χ4n) is 0.273. The van der Waals surface area contributed by atoms with Gasteiger partial charge in [0.25, 0.3) is 0 Å². The van der Waals surface area contributed by atoms with E-state index < -0.39 is 18.8 Å². The molecule has 0 bridgehead atoms. The predicted octanol–water partition coefficient (Wildman–Crippen LogP) is 1.55. The maximum absolute atomic E-state index is 7.20. The lowest BCUT2D eigenvalue weighted by Crippen LogP contribution is -1.83. The zero-order chi connectivity index (χ0) is 10.2. The SMILES string of the molecule is [2H]c1nc(C([2H])([2H])[2H])nc(Br)c1[2H]. The summed E-state index contributed by atoms with van der Waals surface area (Å²) in [5.41, 5.74) is 0. The number of halogens is 1. The Morgan fingerprint density at radius 1 is 2.00 bits per heavy atom. The first-order chi connectivity index (χ1) is 5.82. The van der Waals surface area contributed by atoms with Crippen molar-refractivity contribution in [2.75, 3.05) is 0 Å². The van der Waals surface area contributed by atoms with E-state index in [9.17, 15) is 0 Å². The van der Waals surface area contributed by atoms with Crippen LogP contribution in [0.1, 0.15) is 12.7 Å². The molecule has 0 atom stereocenters. The molecule has 0 saturated carbocycles. The summed E-state index contributed by atoms with van der Waals surface area (Å²) in [4.78, 5) is 6.92. The molecule has 0 aliphatic heterocycles. The molecule has 0 radical (unpaired) electrons. The van der Waals surface area contributed by atoms with Gasteiger partial charge in [-0.15, -0.1) is 0 Å². The minimum absolute atomic E-state index is 0.0265. The van der Waals surface area contributed by atoms with E-state index in [-0.39, 0.29) is 10.6 Å². The van der Waals surface area contributed by atoms with Gasteiger partial charge in [-0.3, -0.25) is 0 Å². The van der Waals surface area contributed by atoms with E-state index in [0.29, 0.717) is 0 Å². The van der Waals surface area contributed by atoms with Crippen LogP contribution in [0.2, 0.25) is 0 Å². The molecule has 8 heavy (non-hydrogen) atoms. The van der Waals surface area contributed by atoms with Crippen molar-refractivity contribution < 1.29 is 6.85 Å². The van der Waals surface area contributed by atoms with Crippen LogP contribution in [0.5, 0.6) is 0 Å². The third-order valence-electron chi connectivity index (χ3n) is 0.525. The molecule has 0 aliphatic rings. The Bertz CT molecular complexity index is 313. The highest BCUT2D eigenvalue weighted by Gasteiger charge is 1.85. The first-order valence-electron chi connectivity index (χ1n) is 4.33. The maximum atomic E-state index is 7.20. The van der Waals surface area contributed by atoms with E-state index in [1.165, 1.54) is 0 Å². The Balaban J connectivity index is 3.29. The van der Waals surface area contributed by atoms with Gasteiger partial charge in [-0.2, -0.15) is 0 Å². The molecule has 0 unspecified atom stereocenters. The van der Waals surface area contributed by atoms with E-state index >= 15 is 0 Å². The van der Waals surface area contributed by atoms with Crippen LogP contribution in [0.15, 0.2) is 16.8 Å². The molecule has 1 aromatic heterocycles. The van der Waals surface area contributed by atoms with Crippen LogP contribution < -0.4 is 0 Å². The second kappa shape index (κ2) is 2.22. The highest BCUT2D eigenvalue weighted by molar-refractivity contribution is 9.10. The van der Waals surface area contributed by atoms with Gasteiger partial charge in [0.1, 0.15) is 10.4 Å². The summed E-state index contributed by atoms with van der Waals surface area (Å²) in [5.74, 6) is -0.416. The highest BCUT2D eigenvalue weighted by Crippen LogP contribution is 2.01. The van der Waals surface area contributed by atoms with Crippen molar-refractivity contribution in [1.82, 2.24) is 9.97 Å². The fraction of sp³-hybridized carbons (Fsp3) is 0.200. The summed E-state index contributed by atoms with van der Waals surface area (Å²) in [5, 5.41) is 0. The van der Waals surface area contributed by atoms with Crippen LogP contribution in [-0.4, -0.2) is 9.97 Å². The number of aromatic nitrogens is 2. The minimum atomic E-state index is -2.44. The van der Waals surface area contributed by atoms with E-state index in [0.717, 1.165) is 0 Å². The number of hydrogen-bond donors (Lipinski definition) is 0. The molecule has 1 aromatic rings. The van der Waals surface area contributed by atoms with Crippen molar-refractivity contribution in [3.8, 4) is 0 Å². The summed E-state index contributed by atoms with van der Waals surface area (Å²) in [6.07, 6.45) is -0.395. The number of aryl methyl sites for hydroxylation is 1. The van der Waals surface area contributed by atoms with Gasteiger partial charge in [-0.05, 0) is 28.8 Å². The summed E-state index contributed by atoms with van der Waals surface area (Å²) in [6.45, 7) is -2.44. The van der Waals surface area contributed by atoms with E-state index in [2.05, 4.69) is 25.9 Å². The normalized spacial score (nSPS) is 19.9. The highest BCUT2D eigenvalue weighted by atomic mass is 79.9. The van der Waals surface area contributed by atoms with Crippen molar-refractivity contribution in [3.05, 3.63) is 22.6 Å². The zero-order valence-corrected chi connectivity index (χ0v) is 5.36. The van der Waals surface area contributed by atoms with E-state index in [1.54, 1.807) is 0 Å². The van der Waals surface area contributed by atoms with E-state index in [1.807, 2.05) is 0 Å². The Morgan fingerprint density at radius 3 is 3.50 bits per heavy atom. The van der Waals surface area contributed by atoms with Crippen molar-refractivity contribution in [2.45, 2.75) is 6.85 Å². The molecular weight excluding hydrogens is 168 g/mol. The lowest BCUT2D eigenvalue weighted by Gasteiger charge is -1.87. The minimum Gasteiger partial charge on any atom is -0.242 e. The largest absolute Gasteiger partial charge is 0.242 e. The monoisotopic (exact) mass is 177 g/mol. The van der Waals surface area contributed by atoms with Crippen LogP contribution in [0.25, 0.3) is 0 Å². The van der Waals surface area contributed by atoms with Gasteiger partial charge < -0.3 is 0 Å². The molecule has 42 valence electrons. The Hall–Kier alpha value is -0.440. The summed E-state index contributed by atoms with van der Waals surface area (Å²) < 4.78 is 35.3. The van der Waals surface area contributed by atoms with Crippen LogP contribution in [0.4, 0.5) is 0 Å². The number of hydrogen-bond acceptors (Lipinski definition) is 2. The molecule has 0 saturated heterocycles. The van der Waals surface area contributed by atoms with Gasteiger partial charge in [0.2, 0.25) is 0 Å². The molecule has 2 nitrogen and oxygen atoms in total. The first-order valence-corrected chi connectivity index (χ1v) is 2.63. The van der Waals surface area contributed by atoms with Crippen molar-refractivity contribution in [1.29, 1.82) is 0 Å². The molecule has 1 heterocycles. The van der Waals surface area contributed by atoms with Gasteiger partial charge >= 0.3 is 0 Å². The van der Waals surface area contributed by atoms with Crippen molar-refractivity contribution in [3.63, 3.8) is 0 Å². The Labute approximate surface area is 63.1 Å². The van der Waals surface area contributed by atoms with Gasteiger partial charge in [0.05, 0.1) is 2.74 Å². The molecular formula is C5H5BrN2. The Morgan fingerprint density at radius 2 is 2.88 bits per heavy atom. The van der Waals surface area contributed by atoms with Crippen LogP contribution in [0, 0.1) is 6.85 Å². The zero-order valence-electron chi connectivity index (χ0n) is 8.77. The molecule has 3 heteroatoms. The maximum Gasteiger partial charge on any atom is 0.126 e. The first kappa shape index (κ1) is 2.06. The second-order valence-corrected chi connectivity index (χ2v) is 1.83. The quantitative estimate of drug-likeness (QED) is 0.563. The van der Waals surface area contributed by atoms with Crippen molar-refractivity contribution >= 4 is 15.9 Å². The Kier molecular flexibility index (Phi) is 0.572. The average Bonchev–Trinajstić information content (AvgIpc) is 1.97. The summed E-state index contributed by atoms with van der Waals surface area (Å²) in [7, 11) is 0. The van der Waals surface area contributed by atoms with Crippen LogP contribution in [0.3, 0.4) is 0 Å². The van der Waals surface area contributed by atoms with Gasteiger partial charge in [0, 0.05) is 10.3 Å². The summed E-state index contributed by atoms with van der Waals surface area (Å²) >= 11 is 2.88.